The smallest absolute Gasteiger partial charge is 0.323 e. The monoisotopic (exact) mass is 278 g/mol. The van der Waals surface area contributed by atoms with Crippen molar-refractivity contribution in [3.05, 3.63) is 23.4 Å². The minimum atomic E-state index is -3.82. The van der Waals surface area contributed by atoms with Crippen molar-refractivity contribution in [2.24, 2.45) is 0 Å². The van der Waals surface area contributed by atoms with E-state index in [1.165, 1.54) is 18.3 Å². The molecular formula is C9H11ClN2O4S. The number of aromatic nitrogens is 1. The summed E-state index contributed by atoms with van der Waals surface area (Å²) in [5.74, 6) is -1.52. The normalized spacial score (nSPS) is 10.9. The summed E-state index contributed by atoms with van der Waals surface area (Å²) in [6, 6.07) is 2.84. The average Bonchev–Trinajstić information content (AvgIpc) is 2.15. The molecule has 17 heavy (non-hydrogen) atoms. The molecule has 0 aliphatic rings. The molecular weight excluding hydrogens is 268 g/mol. The number of hydrogen-bond acceptors (Lipinski definition) is 5. The number of carbonyl (C=O) groups is 1. The first-order valence-corrected chi connectivity index (χ1v) is 6.73. The second-order valence-corrected chi connectivity index (χ2v) is 5.18. The molecule has 0 bridgehead atoms. The van der Waals surface area contributed by atoms with Gasteiger partial charge in [-0.2, -0.15) is 0 Å². The molecule has 0 saturated heterocycles. The number of carbonyl (C=O) groups excluding carboxylic acids is 1. The Hall–Kier alpha value is -1.34. The second kappa shape index (κ2) is 5.83. The Morgan fingerprint density at radius 2 is 2.29 bits per heavy atom. The number of hydrogen-bond donors (Lipinski definition) is 1. The third-order valence-electron chi connectivity index (χ3n) is 1.60. The topological polar surface area (TPSA) is 85.4 Å². The van der Waals surface area contributed by atoms with E-state index in [9.17, 15) is 13.2 Å². The van der Waals surface area contributed by atoms with Crippen molar-refractivity contribution in [1.29, 1.82) is 0 Å². The fourth-order valence-electron chi connectivity index (χ4n) is 1.01. The van der Waals surface area contributed by atoms with Crippen molar-refractivity contribution in [2.45, 2.75) is 6.92 Å². The lowest BCUT2D eigenvalue weighted by molar-refractivity contribution is -0.139. The third-order valence-corrected chi connectivity index (χ3v) is 2.97. The van der Waals surface area contributed by atoms with Crippen LogP contribution in [0.5, 0.6) is 0 Å². The van der Waals surface area contributed by atoms with Crippen LogP contribution in [0.2, 0.25) is 5.02 Å². The molecule has 0 aliphatic carbocycles. The molecule has 0 spiro atoms. The van der Waals surface area contributed by atoms with Crippen LogP contribution < -0.4 is 4.72 Å². The molecule has 0 aliphatic heterocycles. The van der Waals surface area contributed by atoms with Crippen LogP contribution in [0.4, 0.5) is 5.82 Å². The zero-order chi connectivity index (χ0) is 12.9. The largest absolute Gasteiger partial charge is 0.465 e. The van der Waals surface area contributed by atoms with E-state index in [0.29, 0.717) is 5.02 Å². The summed E-state index contributed by atoms with van der Waals surface area (Å²) in [5.41, 5.74) is 0. The molecule has 0 amide bonds. The van der Waals surface area contributed by atoms with Gasteiger partial charge in [-0.3, -0.25) is 9.52 Å². The summed E-state index contributed by atoms with van der Waals surface area (Å²) >= 11 is 5.66. The molecule has 0 atom stereocenters. The lowest BCUT2D eigenvalue weighted by Crippen LogP contribution is -2.24. The summed E-state index contributed by atoms with van der Waals surface area (Å²) < 4.78 is 29.7. The number of halogens is 1. The number of sulfonamides is 1. The fourth-order valence-corrected chi connectivity index (χ4v) is 2.07. The minimum Gasteiger partial charge on any atom is -0.465 e. The van der Waals surface area contributed by atoms with Crippen molar-refractivity contribution >= 4 is 33.4 Å². The molecule has 1 heterocycles. The molecule has 1 N–H and O–H groups in total. The van der Waals surface area contributed by atoms with Crippen LogP contribution in [-0.2, 0) is 19.6 Å². The third kappa shape index (κ3) is 5.01. The fraction of sp³-hybridized carbons (Fsp3) is 0.333. The van der Waals surface area contributed by atoms with Crippen LogP contribution in [0.15, 0.2) is 18.3 Å². The maximum Gasteiger partial charge on any atom is 0.323 e. The lowest BCUT2D eigenvalue weighted by Gasteiger charge is -2.06. The summed E-state index contributed by atoms with van der Waals surface area (Å²) in [6.07, 6.45) is 1.35. The van der Waals surface area contributed by atoms with Gasteiger partial charge in [-0.15, -0.1) is 0 Å². The average molecular weight is 279 g/mol. The van der Waals surface area contributed by atoms with Gasteiger partial charge in [0.05, 0.1) is 6.61 Å². The predicted molar refractivity (Wildman–Crippen MR) is 63.3 cm³/mol. The van der Waals surface area contributed by atoms with Gasteiger partial charge in [0.1, 0.15) is 5.82 Å². The Morgan fingerprint density at radius 1 is 1.59 bits per heavy atom. The molecule has 1 rings (SSSR count). The molecule has 1 aromatic rings. The summed E-state index contributed by atoms with van der Waals surface area (Å²) in [7, 11) is -3.82. The minimum absolute atomic E-state index is 0.0572. The maximum atomic E-state index is 11.5. The molecule has 94 valence electrons. The van der Waals surface area contributed by atoms with Gasteiger partial charge in [-0.05, 0) is 13.0 Å². The van der Waals surface area contributed by atoms with Gasteiger partial charge in [0.25, 0.3) is 0 Å². The predicted octanol–water partition coefficient (Wildman–Crippen LogP) is 1.04. The van der Waals surface area contributed by atoms with Gasteiger partial charge in [-0.25, -0.2) is 13.4 Å². The zero-order valence-corrected chi connectivity index (χ0v) is 10.6. The number of esters is 1. The van der Waals surface area contributed by atoms with Gasteiger partial charge < -0.3 is 4.74 Å². The quantitative estimate of drug-likeness (QED) is 0.814. The van der Waals surface area contributed by atoms with E-state index in [4.69, 9.17) is 11.6 Å². The highest BCUT2D eigenvalue weighted by atomic mass is 35.5. The number of rotatable bonds is 5. The van der Waals surface area contributed by atoms with Crippen molar-refractivity contribution in [3.63, 3.8) is 0 Å². The van der Waals surface area contributed by atoms with Crippen molar-refractivity contribution in [3.8, 4) is 0 Å². The maximum absolute atomic E-state index is 11.5. The summed E-state index contributed by atoms with van der Waals surface area (Å²) in [5, 5.41) is 0.342. The van der Waals surface area contributed by atoms with E-state index < -0.39 is 21.7 Å². The van der Waals surface area contributed by atoms with E-state index in [0.717, 1.165) is 0 Å². The molecule has 0 fully saturated rings. The highest BCUT2D eigenvalue weighted by Crippen LogP contribution is 2.13. The molecule has 1 aromatic heterocycles. The van der Waals surface area contributed by atoms with Crippen molar-refractivity contribution < 1.29 is 17.9 Å². The van der Waals surface area contributed by atoms with Gasteiger partial charge >= 0.3 is 5.97 Å². The molecule has 6 nitrogen and oxygen atoms in total. The van der Waals surface area contributed by atoms with E-state index in [-0.39, 0.29) is 12.4 Å². The number of pyridine rings is 1. The molecule has 0 saturated carbocycles. The van der Waals surface area contributed by atoms with Gasteiger partial charge in [0.15, 0.2) is 5.75 Å². The highest BCUT2D eigenvalue weighted by molar-refractivity contribution is 7.93. The number of nitrogens with one attached hydrogen (secondary N) is 1. The summed E-state index contributed by atoms with van der Waals surface area (Å²) in [6.45, 7) is 1.72. The van der Waals surface area contributed by atoms with Crippen LogP contribution >= 0.6 is 11.6 Å². The first-order chi connectivity index (χ1) is 7.93. The van der Waals surface area contributed by atoms with Gasteiger partial charge in [0.2, 0.25) is 10.0 Å². The van der Waals surface area contributed by atoms with Gasteiger partial charge in [-0.1, -0.05) is 11.6 Å². The zero-order valence-electron chi connectivity index (χ0n) is 9.01. The Kier molecular flexibility index (Phi) is 4.71. The lowest BCUT2D eigenvalue weighted by atomic mass is 10.5. The van der Waals surface area contributed by atoms with Crippen LogP contribution in [0.3, 0.4) is 0 Å². The van der Waals surface area contributed by atoms with E-state index in [1.807, 2.05) is 0 Å². The SMILES string of the molecule is CCOC(=O)CS(=O)(=O)Nc1cc(Cl)ccn1. The Morgan fingerprint density at radius 3 is 2.88 bits per heavy atom. The number of nitrogens with zero attached hydrogens (tertiary/aromatic N) is 1. The van der Waals surface area contributed by atoms with E-state index in [2.05, 4.69) is 14.4 Å². The molecule has 0 radical (unpaired) electrons. The molecule has 0 unspecified atom stereocenters. The second-order valence-electron chi connectivity index (χ2n) is 3.03. The van der Waals surface area contributed by atoms with Crippen LogP contribution in [0.25, 0.3) is 0 Å². The number of anilines is 1. The van der Waals surface area contributed by atoms with E-state index >= 15 is 0 Å². The van der Waals surface area contributed by atoms with Crippen LogP contribution in [0.1, 0.15) is 6.92 Å². The van der Waals surface area contributed by atoms with Crippen molar-refractivity contribution in [1.82, 2.24) is 4.98 Å². The Labute approximate surface area is 104 Å². The van der Waals surface area contributed by atoms with Gasteiger partial charge in [0, 0.05) is 17.3 Å². The first kappa shape index (κ1) is 13.7. The number of ether oxygens (including phenoxy) is 1. The standard InChI is InChI=1S/C9H11ClN2O4S/c1-2-16-9(13)6-17(14,15)12-8-5-7(10)3-4-11-8/h3-5H,2,6H2,1H3,(H,11,12). The van der Waals surface area contributed by atoms with Crippen LogP contribution in [0, 0.1) is 0 Å². The van der Waals surface area contributed by atoms with E-state index in [1.54, 1.807) is 6.92 Å². The Bertz CT molecular complexity index is 503. The molecule has 0 aromatic carbocycles. The molecule has 8 heteroatoms. The summed E-state index contributed by atoms with van der Waals surface area (Å²) in [4.78, 5) is 14.8. The Balaban J connectivity index is 2.70. The highest BCUT2D eigenvalue weighted by Gasteiger charge is 2.17. The first-order valence-electron chi connectivity index (χ1n) is 4.70. The van der Waals surface area contributed by atoms with Crippen LogP contribution in [-0.4, -0.2) is 31.7 Å². The van der Waals surface area contributed by atoms with Crippen molar-refractivity contribution in [2.75, 3.05) is 17.1 Å².